The summed E-state index contributed by atoms with van der Waals surface area (Å²) in [5.41, 5.74) is 9.28. The summed E-state index contributed by atoms with van der Waals surface area (Å²) < 4.78 is 0. The molecule has 0 saturated carbocycles. The van der Waals surface area contributed by atoms with Crippen LogP contribution in [0, 0.1) is 5.41 Å². The van der Waals surface area contributed by atoms with Gasteiger partial charge in [0.25, 0.3) is 0 Å². The molecule has 2 aromatic rings. The highest BCUT2D eigenvalue weighted by molar-refractivity contribution is 5.75. The molecule has 174 valence electrons. The predicted molar refractivity (Wildman–Crippen MR) is 147 cm³/mol. The highest BCUT2D eigenvalue weighted by atomic mass is 15.4. The van der Waals surface area contributed by atoms with E-state index in [1.807, 2.05) is 0 Å². The molecule has 2 unspecified atom stereocenters. The Labute approximate surface area is 209 Å². The van der Waals surface area contributed by atoms with Crippen molar-refractivity contribution in [2.45, 2.75) is 33.2 Å². The molecule has 0 fully saturated rings. The monoisotopic (exact) mass is 456 g/mol. The van der Waals surface area contributed by atoms with Gasteiger partial charge in [-0.15, -0.1) is 0 Å². The van der Waals surface area contributed by atoms with E-state index >= 15 is 0 Å². The van der Waals surface area contributed by atoms with Gasteiger partial charge < -0.3 is 9.80 Å². The van der Waals surface area contributed by atoms with Crippen LogP contribution in [0.25, 0.3) is 11.6 Å². The minimum Gasteiger partial charge on any atom is -0.326 e. The van der Waals surface area contributed by atoms with Crippen LogP contribution in [-0.4, -0.2) is 16.3 Å². The normalized spacial score (nSPS) is 25.1. The van der Waals surface area contributed by atoms with Crippen molar-refractivity contribution < 1.29 is 0 Å². The lowest BCUT2D eigenvalue weighted by atomic mass is 9.77. The Hall–Kier alpha value is -3.78. The largest absolute Gasteiger partial charge is 0.326 e. The molecule has 0 saturated heterocycles. The lowest BCUT2D eigenvalue weighted by Gasteiger charge is -2.48. The van der Waals surface area contributed by atoms with Crippen LogP contribution >= 0.6 is 0 Å². The van der Waals surface area contributed by atoms with E-state index in [0.29, 0.717) is 0 Å². The Morgan fingerprint density at radius 2 is 1.71 bits per heavy atom. The second kappa shape index (κ2) is 8.46. The van der Waals surface area contributed by atoms with Gasteiger partial charge in [0.1, 0.15) is 5.82 Å². The maximum absolute atomic E-state index is 2.57. The molecule has 1 aliphatic carbocycles. The van der Waals surface area contributed by atoms with E-state index in [1.165, 1.54) is 44.9 Å². The molecule has 3 aliphatic heterocycles. The highest BCUT2D eigenvalue weighted by Crippen LogP contribution is 2.47. The molecule has 0 aromatic heterocycles. The lowest BCUT2D eigenvalue weighted by molar-refractivity contribution is 0.246. The molecule has 3 heterocycles. The number of hydrogen-bond acceptors (Lipinski definition) is 2. The third kappa shape index (κ3) is 3.74. The SMILES string of the molecule is CC1=CN2C(N3CC(c4ccccc4)=C(C)C=C3C3(C)C=CC=CC3)=Cc3ccccc3C2C=C1. The van der Waals surface area contributed by atoms with E-state index in [0.717, 1.165) is 13.0 Å². The van der Waals surface area contributed by atoms with E-state index in [-0.39, 0.29) is 11.5 Å². The Bertz CT molecular complexity index is 1380. The standard InChI is InChI=1S/C33H32N2/c1-24-16-17-30-28-15-9-8-14-27(28)21-32(34(30)22-24)35-23-29(26-12-6-4-7-13-26)25(2)20-31(35)33(3)18-10-5-11-19-33/h4-18,20-22,30H,19,23H2,1-3H3. The van der Waals surface area contributed by atoms with Crippen molar-refractivity contribution in [2.75, 3.05) is 6.54 Å². The zero-order valence-electron chi connectivity index (χ0n) is 20.8. The van der Waals surface area contributed by atoms with Gasteiger partial charge in [-0.25, -0.2) is 0 Å². The molecule has 4 aliphatic rings. The van der Waals surface area contributed by atoms with Crippen LogP contribution in [0.2, 0.25) is 0 Å². The van der Waals surface area contributed by atoms with Gasteiger partial charge in [-0.05, 0) is 65.8 Å². The maximum atomic E-state index is 2.57. The van der Waals surface area contributed by atoms with Gasteiger partial charge in [-0.3, -0.25) is 0 Å². The molecule has 2 atom stereocenters. The quantitative estimate of drug-likeness (QED) is 0.461. The Balaban J connectivity index is 1.53. The third-order valence-corrected chi connectivity index (χ3v) is 7.72. The van der Waals surface area contributed by atoms with Crippen molar-refractivity contribution in [3.05, 3.63) is 143 Å². The summed E-state index contributed by atoms with van der Waals surface area (Å²) >= 11 is 0. The first-order valence-corrected chi connectivity index (χ1v) is 12.6. The highest BCUT2D eigenvalue weighted by Gasteiger charge is 2.38. The molecule has 0 bridgehead atoms. The number of fused-ring (bicyclic) bond motifs is 3. The van der Waals surface area contributed by atoms with E-state index in [4.69, 9.17) is 0 Å². The van der Waals surface area contributed by atoms with Crippen molar-refractivity contribution in [3.63, 3.8) is 0 Å². The van der Waals surface area contributed by atoms with Crippen LogP contribution in [0.3, 0.4) is 0 Å². The first-order valence-electron chi connectivity index (χ1n) is 12.6. The zero-order chi connectivity index (χ0) is 24.0. The van der Waals surface area contributed by atoms with Crippen LogP contribution in [0.5, 0.6) is 0 Å². The molecular formula is C33H32N2. The van der Waals surface area contributed by atoms with Gasteiger partial charge in [0.15, 0.2) is 0 Å². The van der Waals surface area contributed by atoms with E-state index < -0.39 is 0 Å². The van der Waals surface area contributed by atoms with Gasteiger partial charge in [0.05, 0.1) is 12.6 Å². The van der Waals surface area contributed by atoms with Gasteiger partial charge in [0, 0.05) is 17.3 Å². The van der Waals surface area contributed by atoms with Crippen molar-refractivity contribution in [1.82, 2.24) is 9.80 Å². The lowest BCUT2D eigenvalue weighted by Crippen LogP contribution is -2.42. The fraction of sp³-hybridized carbons (Fsp3) is 0.212. The number of nitrogens with zero attached hydrogens (tertiary/aromatic N) is 2. The Morgan fingerprint density at radius 1 is 0.914 bits per heavy atom. The molecule has 6 rings (SSSR count). The average Bonchev–Trinajstić information content (AvgIpc) is 2.89. The number of allylic oxidation sites excluding steroid dienone is 8. The van der Waals surface area contributed by atoms with Crippen molar-refractivity contribution >= 4 is 11.6 Å². The molecular weight excluding hydrogens is 424 g/mol. The van der Waals surface area contributed by atoms with Gasteiger partial charge in [0.2, 0.25) is 0 Å². The van der Waals surface area contributed by atoms with Gasteiger partial charge >= 0.3 is 0 Å². The zero-order valence-corrected chi connectivity index (χ0v) is 20.8. The summed E-state index contributed by atoms with van der Waals surface area (Å²) in [7, 11) is 0. The summed E-state index contributed by atoms with van der Waals surface area (Å²) in [5, 5.41) is 0. The fourth-order valence-corrected chi connectivity index (χ4v) is 5.77. The number of hydrogen-bond donors (Lipinski definition) is 0. The molecule has 2 heteroatoms. The van der Waals surface area contributed by atoms with Crippen LogP contribution in [0.4, 0.5) is 0 Å². The second-order valence-electron chi connectivity index (χ2n) is 10.3. The van der Waals surface area contributed by atoms with Crippen LogP contribution in [0.1, 0.15) is 49.9 Å². The topological polar surface area (TPSA) is 6.48 Å². The van der Waals surface area contributed by atoms with Crippen LogP contribution < -0.4 is 0 Å². The summed E-state index contributed by atoms with van der Waals surface area (Å²) in [6.07, 6.45) is 21.8. The molecule has 2 nitrogen and oxygen atoms in total. The average molecular weight is 457 g/mol. The Kier molecular flexibility index (Phi) is 5.25. The van der Waals surface area contributed by atoms with Crippen molar-refractivity contribution in [3.8, 4) is 0 Å². The number of benzene rings is 2. The van der Waals surface area contributed by atoms with Crippen LogP contribution in [0.15, 0.2) is 126 Å². The van der Waals surface area contributed by atoms with E-state index in [1.54, 1.807) is 0 Å². The summed E-state index contributed by atoms with van der Waals surface area (Å²) in [6.45, 7) is 7.68. The minimum atomic E-state index is -0.0596. The van der Waals surface area contributed by atoms with E-state index in [2.05, 4.69) is 140 Å². The molecule has 0 amide bonds. The first-order chi connectivity index (χ1) is 17.0. The second-order valence-corrected chi connectivity index (χ2v) is 10.3. The van der Waals surface area contributed by atoms with Gasteiger partial charge in [-0.2, -0.15) is 0 Å². The fourth-order valence-electron chi connectivity index (χ4n) is 5.77. The summed E-state index contributed by atoms with van der Waals surface area (Å²) in [6, 6.07) is 19.9. The molecule has 0 spiro atoms. The van der Waals surface area contributed by atoms with Crippen LogP contribution in [-0.2, 0) is 0 Å². The first kappa shape index (κ1) is 21.7. The Morgan fingerprint density at radius 3 is 2.51 bits per heavy atom. The predicted octanol–water partition coefficient (Wildman–Crippen LogP) is 8.01. The van der Waals surface area contributed by atoms with Crippen molar-refractivity contribution in [2.24, 2.45) is 5.41 Å². The molecule has 35 heavy (non-hydrogen) atoms. The molecule has 0 radical (unpaired) electrons. The smallest absolute Gasteiger partial charge is 0.114 e. The van der Waals surface area contributed by atoms with E-state index in [9.17, 15) is 0 Å². The van der Waals surface area contributed by atoms with Crippen molar-refractivity contribution in [1.29, 1.82) is 0 Å². The summed E-state index contributed by atoms with van der Waals surface area (Å²) in [4.78, 5) is 5.05. The maximum Gasteiger partial charge on any atom is 0.114 e. The summed E-state index contributed by atoms with van der Waals surface area (Å²) in [5.74, 6) is 1.24. The van der Waals surface area contributed by atoms with Gasteiger partial charge in [-0.1, -0.05) is 98.0 Å². The molecule has 2 aromatic carbocycles. The molecule has 0 N–H and O–H groups in total. The third-order valence-electron chi connectivity index (χ3n) is 7.72. The minimum absolute atomic E-state index is 0.0596. The number of rotatable bonds is 3.